The highest BCUT2D eigenvalue weighted by atomic mass is 79.9. The van der Waals surface area contributed by atoms with Gasteiger partial charge in [-0.1, -0.05) is 0 Å². The number of rotatable bonds is 3. The van der Waals surface area contributed by atoms with Crippen LogP contribution < -0.4 is 0 Å². The van der Waals surface area contributed by atoms with Crippen LogP contribution in [0.1, 0.15) is 18.7 Å². The van der Waals surface area contributed by atoms with Gasteiger partial charge in [-0.05, 0) is 35.8 Å². The molecule has 0 spiro atoms. The Morgan fingerprint density at radius 1 is 1.65 bits per heavy atom. The first-order chi connectivity index (χ1) is 7.98. The molecular formula is C12H18BrNO2S. The Kier molecular flexibility index (Phi) is 4.26. The molecular weight excluding hydrogens is 302 g/mol. The zero-order valence-electron chi connectivity index (χ0n) is 10.1. The van der Waals surface area contributed by atoms with Gasteiger partial charge in [0, 0.05) is 34.4 Å². The predicted molar refractivity (Wildman–Crippen MR) is 73.3 cm³/mol. The van der Waals surface area contributed by atoms with E-state index in [1.54, 1.807) is 11.3 Å². The fraction of sp³-hybridized carbons (Fsp3) is 0.667. The number of aliphatic hydroxyl groups excluding tert-OH is 1. The summed E-state index contributed by atoms with van der Waals surface area (Å²) in [7, 11) is 0. The van der Waals surface area contributed by atoms with E-state index >= 15 is 0 Å². The van der Waals surface area contributed by atoms with Gasteiger partial charge in [-0.25, -0.2) is 0 Å². The normalized spacial score (nSPS) is 25.1. The smallest absolute Gasteiger partial charge is 0.0940 e. The van der Waals surface area contributed by atoms with Crippen molar-refractivity contribution in [2.24, 2.45) is 0 Å². The SMILES string of the molecule is CC1(C)CN(Cc2cc(Br)cs2)CC(CO)O1. The Bertz CT molecular complexity index is 380. The van der Waals surface area contributed by atoms with Crippen LogP contribution in [-0.2, 0) is 11.3 Å². The molecule has 0 aromatic carbocycles. The molecule has 1 N–H and O–H groups in total. The fourth-order valence-electron chi connectivity index (χ4n) is 2.29. The molecule has 2 rings (SSSR count). The largest absolute Gasteiger partial charge is 0.394 e. The lowest BCUT2D eigenvalue weighted by molar-refractivity contribution is -0.150. The molecule has 0 amide bonds. The highest BCUT2D eigenvalue weighted by Crippen LogP contribution is 2.25. The van der Waals surface area contributed by atoms with E-state index in [0.29, 0.717) is 0 Å². The Balaban J connectivity index is 2.00. The molecule has 1 fully saturated rings. The Hall–Kier alpha value is 0.0600. The summed E-state index contributed by atoms with van der Waals surface area (Å²) in [4.78, 5) is 3.69. The van der Waals surface area contributed by atoms with E-state index in [2.05, 4.69) is 46.1 Å². The lowest BCUT2D eigenvalue weighted by atomic mass is 10.1. The van der Waals surface area contributed by atoms with E-state index in [1.807, 2.05) is 0 Å². The molecule has 1 aromatic rings. The molecule has 17 heavy (non-hydrogen) atoms. The summed E-state index contributed by atoms with van der Waals surface area (Å²) in [6.45, 7) is 6.88. The molecule has 1 aliphatic heterocycles. The molecule has 2 heterocycles. The zero-order valence-corrected chi connectivity index (χ0v) is 12.6. The number of ether oxygens (including phenoxy) is 1. The van der Waals surface area contributed by atoms with Gasteiger partial charge in [-0.15, -0.1) is 11.3 Å². The van der Waals surface area contributed by atoms with Crippen molar-refractivity contribution in [3.63, 3.8) is 0 Å². The van der Waals surface area contributed by atoms with Gasteiger partial charge < -0.3 is 9.84 Å². The minimum atomic E-state index is -0.180. The summed E-state index contributed by atoms with van der Waals surface area (Å²) >= 11 is 5.23. The van der Waals surface area contributed by atoms with E-state index in [9.17, 15) is 5.11 Å². The van der Waals surface area contributed by atoms with Crippen molar-refractivity contribution in [1.82, 2.24) is 4.90 Å². The third kappa shape index (κ3) is 3.76. The number of aliphatic hydroxyl groups is 1. The summed E-state index contributed by atoms with van der Waals surface area (Å²) in [6.07, 6.45) is -0.0675. The lowest BCUT2D eigenvalue weighted by Crippen LogP contribution is -2.53. The average Bonchev–Trinajstić information content (AvgIpc) is 2.61. The quantitative estimate of drug-likeness (QED) is 0.929. The van der Waals surface area contributed by atoms with Crippen LogP contribution in [-0.4, -0.2) is 41.4 Å². The van der Waals surface area contributed by atoms with Crippen molar-refractivity contribution in [3.05, 3.63) is 20.8 Å². The van der Waals surface area contributed by atoms with Crippen molar-refractivity contribution < 1.29 is 9.84 Å². The molecule has 1 aliphatic rings. The highest BCUT2D eigenvalue weighted by molar-refractivity contribution is 9.10. The second-order valence-corrected chi connectivity index (χ2v) is 6.99. The average molecular weight is 320 g/mol. The first-order valence-corrected chi connectivity index (χ1v) is 7.40. The molecule has 0 aliphatic carbocycles. The molecule has 5 heteroatoms. The van der Waals surface area contributed by atoms with Gasteiger partial charge in [0.05, 0.1) is 18.3 Å². The Morgan fingerprint density at radius 3 is 3.00 bits per heavy atom. The second kappa shape index (κ2) is 5.36. The molecule has 1 atom stereocenters. The number of halogens is 1. The third-order valence-corrected chi connectivity index (χ3v) is 4.44. The molecule has 1 saturated heterocycles. The molecule has 0 saturated carbocycles. The van der Waals surface area contributed by atoms with Gasteiger partial charge in [-0.3, -0.25) is 4.90 Å². The lowest BCUT2D eigenvalue weighted by Gasteiger charge is -2.42. The first kappa shape index (κ1) is 13.5. The van der Waals surface area contributed by atoms with Crippen LogP contribution in [0.4, 0.5) is 0 Å². The van der Waals surface area contributed by atoms with Crippen molar-refractivity contribution in [3.8, 4) is 0 Å². The van der Waals surface area contributed by atoms with Gasteiger partial charge >= 0.3 is 0 Å². The maximum Gasteiger partial charge on any atom is 0.0940 e. The monoisotopic (exact) mass is 319 g/mol. The molecule has 3 nitrogen and oxygen atoms in total. The molecule has 96 valence electrons. The van der Waals surface area contributed by atoms with Crippen LogP contribution in [0.5, 0.6) is 0 Å². The topological polar surface area (TPSA) is 32.7 Å². The predicted octanol–water partition coefficient (Wildman–Crippen LogP) is 2.48. The standard InChI is InChI=1S/C12H18BrNO2S/c1-12(2)8-14(4-10(6-15)16-12)5-11-3-9(13)7-17-11/h3,7,10,15H,4-6,8H2,1-2H3. The zero-order chi connectivity index (χ0) is 12.5. The van der Waals surface area contributed by atoms with Crippen molar-refractivity contribution >= 4 is 27.3 Å². The molecule has 1 aromatic heterocycles. The van der Waals surface area contributed by atoms with E-state index in [-0.39, 0.29) is 18.3 Å². The number of hydrogen-bond donors (Lipinski definition) is 1. The van der Waals surface area contributed by atoms with Gasteiger partial charge in [0.2, 0.25) is 0 Å². The molecule has 0 radical (unpaired) electrons. The number of morpholine rings is 1. The van der Waals surface area contributed by atoms with Crippen LogP contribution in [0.15, 0.2) is 15.9 Å². The van der Waals surface area contributed by atoms with Gasteiger partial charge in [0.1, 0.15) is 0 Å². The number of hydrogen-bond acceptors (Lipinski definition) is 4. The minimum absolute atomic E-state index is 0.0675. The van der Waals surface area contributed by atoms with Crippen LogP contribution in [0.3, 0.4) is 0 Å². The number of nitrogens with zero attached hydrogens (tertiary/aromatic N) is 1. The van der Waals surface area contributed by atoms with Gasteiger partial charge in [-0.2, -0.15) is 0 Å². The van der Waals surface area contributed by atoms with E-state index in [0.717, 1.165) is 24.1 Å². The molecule has 0 bridgehead atoms. The van der Waals surface area contributed by atoms with Gasteiger partial charge in [0.15, 0.2) is 0 Å². The Morgan fingerprint density at radius 2 is 2.41 bits per heavy atom. The van der Waals surface area contributed by atoms with Crippen molar-refractivity contribution in [2.75, 3.05) is 19.7 Å². The maximum atomic E-state index is 9.25. The summed E-state index contributed by atoms with van der Waals surface area (Å²) in [6, 6.07) is 2.15. The van der Waals surface area contributed by atoms with Crippen molar-refractivity contribution in [2.45, 2.75) is 32.1 Å². The highest BCUT2D eigenvalue weighted by Gasteiger charge is 2.32. The first-order valence-electron chi connectivity index (χ1n) is 5.72. The summed E-state index contributed by atoms with van der Waals surface area (Å²) < 4.78 is 6.94. The number of thiophene rings is 1. The van der Waals surface area contributed by atoms with E-state index < -0.39 is 0 Å². The van der Waals surface area contributed by atoms with Crippen LogP contribution in [0.25, 0.3) is 0 Å². The Labute approximate surface area is 115 Å². The minimum Gasteiger partial charge on any atom is -0.394 e. The summed E-state index contributed by atoms with van der Waals surface area (Å²) in [5.74, 6) is 0. The fourth-order valence-corrected chi connectivity index (χ4v) is 3.78. The van der Waals surface area contributed by atoms with E-state index in [4.69, 9.17) is 4.74 Å². The summed E-state index contributed by atoms with van der Waals surface area (Å²) in [5, 5.41) is 11.4. The van der Waals surface area contributed by atoms with E-state index in [1.165, 1.54) is 4.88 Å². The second-order valence-electron chi connectivity index (χ2n) is 5.08. The van der Waals surface area contributed by atoms with Gasteiger partial charge in [0.25, 0.3) is 0 Å². The third-order valence-electron chi connectivity index (χ3n) is 2.76. The van der Waals surface area contributed by atoms with Crippen LogP contribution in [0, 0.1) is 0 Å². The maximum absolute atomic E-state index is 9.25. The van der Waals surface area contributed by atoms with Crippen molar-refractivity contribution in [1.29, 1.82) is 0 Å². The summed E-state index contributed by atoms with van der Waals surface area (Å²) in [5.41, 5.74) is -0.180. The van der Waals surface area contributed by atoms with Crippen LogP contribution in [0.2, 0.25) is 0 Å². The molecule has 1 unspecified atom stereocenters. The van der Waals surface area contributed by atoms with Crippen LogP contribution >= 0.6 is 27.3 Å².